The zero-order chi connectivity index (χ0) is 42.7. The Morgan fingerprint density at radius 3 is 1.75 bits per heavy atom. The molecular formula is C52H32N4O. The van der Waals surface area contributed by atoms with Gasteiger partial charge >= 0.3 is 0 Å². The quantitative estimate of drug-likeness (QED) is 0.177. The zero-order valence-corrected chi connectivity index (χ0v) is 30.2. The van der Waals surface area contributed by atoms with Gasteiger partial charge in [0.2, 0.25) is 0 Å². The van der Waals surface area contributed by atoms with E-state index < -0.39 is 0 Å². The van der Waals surface area contributed by atoms with Crippen molar-refractivity contribution < 1.29 is 12.6 Å². The minimum Gasteiger partial charge on any atom is -0.456 e. The third kappa shape index (κ3) is 4.82. The summed E-state index contributed by atoms with van der Waals surface area (Å²) in [7, 11) is 0. The van der Waals surface area contributed by atoms with E-state index in [2.05, 4.69) is 6.07 Å². The molecule has 0 spiro atoms. The molecule has 0 N–H and O–H groups in total. The molecule has 5 heteroatoms. The van der Waals surface area contributed by atoms with Gasteiger partial charge in [-0.05, 0) is 60.6 Å². The van der Waals surface area contributed by atoms with Crippen LogP contribution in [0.3, 0.4) is 0 Å². The Balaban J connectivity index is 1.22. The lowest BCUT2D eigenvalue weighted by molar-refractivity contribution is 0.669. The molecule has 0 aliphatic heterocycles. The first-order valence-electron chi connectivity index (χ1n) is 21.7. The molecule has 0 saturated carbocycles. The Morgan fingerprint density at radius 2 is 1.05 bits per heavy atom. The number of benzene rings is 8. The van der Waals surface area contributed by atoms with Crippen LogP contribution < -0.4 is 0 Å². The van der Waals surface area contributed by atoms with Crippen LogP contribution in [0.25, 0.3) is 111 Å². The van der Waals surface area contributed by atoms with E-state index in [1.165, 1.54) is 12.1 Å². The number of nitrogens with zero attached hydrogens (tertiary/aromatic N) is 4. The number of rotatable bonds is 5. The maximum absolute atomic E-state index is 9.66. The highest BCUT2D eigenvalue weighted by atomic mass is 16.3. The number of fused-ring (bicyclic) bond motifs is 10. The Morgan fingerprint density at radius 1 is 0.439 bits per heavy atom. The van der Waals surface area contributed by atoms with Crippen molar-refractivity contribution in [3.63, 3.8) is 0 Å². The molecule has 0 bridgehead atoms. The topological polar surface area (TPSA) is 48.8 Å². The highest BCUT2D eigenvalue weighted by Gasteiger charge is 2.23. The number of furan rings is 1. The predicted molar refractivity (Wildman–Crippen MR) is 234 cm³/mol. The van der Waals surface area contributed by atoms with Gasteiger partial charge in [-0.25, -0.2) is 9.97 Å². The number of hydrogen-bond acceptors (Lipinski definition) is 3. The van der Waals surface area contributed by atoms with Gasteiger partial charge in [-0.15, -0.1) is 0 Å². The molecule has 4 aromatic heterocycles. The van der Waals surface area contributed by atoms with E-state index in [1.807, 2.05) is 137 Å². The second-order valence-corrected chi connectivity index (χ2v) is 14.1. The van der Waals surface area contributed by atoms with Crippen LogP contribution in [0, 0.1) is 0 Å². The average Bonchev–Trinajstić information content (AvgIpc) is 3.97. The molecule has 0 fully saturated rings. The van der Waals surface area contributed by atoms with Gasteiger partial charge in [0.15, 0.2) is 5.82 Å². The van der Waals surface area contributed by atoms with Crippen molar-refractivity contribution in [2.45, 2.75) is 0 Å². The lowest BCUT2D eigenvalue weighted by Gasteiger charge is -2.13. The fourth-order valence-electron chi connectivity index (χ4n) is 8.34. The molecule has 8 aromatic carbocycles. The van der Waals surface area contributed by atoms with Crippen LogP contribution in [-0.4, -0.2) is 19.1 Å². The molecule has 12 rings (SSSR count). The minimum absolute atomic E-state index is 0.0608. The van der Waals surface area contributed by atoms with Crippen LogP contribution >= 0.6 is 0 Å². The summed E-state index contributed by atoms with van der Waals surface area (Å²) < 4.78 is 65.8. The summed E-state index contributed by atoms with van der Waals surface area (Å²) in [6, 6.07) is 50.0. The lowest BCUT2D eigenvalue weighted by Crippen LogP contribution is -1.99. The van der Waals surface area contributed by atoms with Gasteiger partial charge in [-0.1, -0.05) is 133 Å². The molecule has 57 heavy (non-hydrogen) atoms. The van der Waals surface area contributed by atoms with Crippen molar-refractivity contribution in [2.24, 2.45) is 0 Å². The molecule has 5 nitrogen and oxygen atoms in total. The summed E-state index contributed by atoms with van der Waals surface area (Å²) in [5.41, 5.74) is 8.91. The number of para-hydroxylation sites is 3. The first-order chi connectivity index (χ1) is 30.7. The summed E-state index contributed by atoms with van der Waals surface area (Å²) in [4.78, 5) is 10.1. The van der Waals surface area contributed by atoms with Gasteiger partial charge in [0.1, 0.15) is 11.2 Å². The van der Waals surface area contributed by atoms with Crippen molar-refractivity contribution in [1.29, 1.82) is 0 Å². The molecule has 0 aliphatic carbocycles. The van der Waals surface area contributed by atoms with Gasteiger partial charge in [-0.2, -0.15) is 0 Å². The Bertz CT molecular complexity index is 3800. The maximum atomic E-state index is 9.66. The lowest BCUT2D eigenvalue weighted by atomic mass is 10.0. The van der Waals surface area contributed by atoms with E-state index in [0.29, 0.717) is 66.3 Å². The van der Waals surface area contributed by atoms with Gasteiger partial charge < -0.3 is 13.6 Å². The second-order valence-electron chi connectivity index (χ2n) is 14.1. The van der Waals surface area contributed by atoms with Gasteiger partial charge in [0.05, 0.1) is 52.8 Å². The van der Waals surface area contributed by atoms with Crippen molar-refractivity contribution in [1.82, 2.24) is 19.1 Å². The van der Waals surface area contributed by atoms with Crippen molar-refractivity contribution in [3.8, 4) is 45.3 Å². The molecule has 12 aromatic rings. The van der Waals surface area contributed by atoms with Crippen LogP contribution in [0.1, 0.15) is 8.22 Å². The third-order valence-corrected chi connectivity index (χ3v) is 10.8. The monoisotopic (exact) mass is 734 g/mol. The van der Waals surface area contributed by atoms with Crippen LogP contribution in [0.2, 0.25) is 0 Å². The summed E-state index contributed by atoms with van der Waals surface area (Å²) in [5.74, 6) is 0.595. The smallest absolute Gasteiger partial charge is 0.160 e. The molecule has 0 radical (unpaired) electrons. The molecule has 0 saturated heterocycles. The minimum atomic E-state index is -0.0704. The van der Waals surface area contributed by atoms with Crippen molar-refractivity contribution in [3.05, 3.63) is 194 Å². The first-order valence-corrected chi connectivity index (χ1v) is 18.7. The largest absolute Gasteiger partial charge is 0.456 e. The number of aromatic nitrogens is 4. The van der Waals surface area contributed by atoms with Crippen molar-refractivity contribution >= 4 is 65.6 Å². The highest BCUT2D eigenvalue weighted by Crippen LogP contribution is 2.44. The molecule has 0 aliphatic rings. The van der Waals surface area contributed by atoms with E-state index in [-0.39, 0.29) is 36.3 Å². The summed E-state index contributed by atoms with van der Waals surface area (Å²) in [6.07, 6.45) is 0. The van der Waals surface area contributed by atoms with Crippen LogP contribution in [-0.2, 0) is 0 Å². The highest BCUT2D eigenvalue weighted by molar-refractivity contribution is 6.24. The Hall–Kier alpha value is -7.76. The van der Waals surface area contributed by atoms with Crippen molar-refractivity contribution in [2.75, 3.05) is 0 Å². The number of hydrogen-bond donors (Lipinski definition) is 0. The Labute approximate surface area is 335 Å². The van der Waals surface area contributed by atoms with Gasteiger partial charge in [-0.3, -0.25) is 0 Å². The average molecular weight is 735 g/mol. The first kappa shape index (κ1) is 26.1. The molecule has 0 unspecified atom stereocenters. The summed E-state index contributed by atoms with van der Waals surface area (Å²) >= 11 is 0. The van der Waals surface area contributed by atoms with E-state index in [1.54, 1.807) is 12.1 Å². The molecule has 0 amide bonds. The van der Waals surface area contributed by atoms with Crippen LogP contribution in [0.5, 0.6) is 0 Å². The summed E-state index contributed by atoms with van der Waals surface area (Å²) in [6.45, 7) is 0. The molecular weight excluding hydrogens is 697 g/mol. The normalized spacial score (nSPS) is 13.3. The Kier molecular flexibility index (Phi) is 5.67. The summed E-state index contributed by atoms with van der Waals surface area (Å²) in [5, 5.41) is 3.41. The fourth-order valence-corrected chi connectivity index (χ4v) is 8.34. The van der Waals surface area contributed by atoms with Gasteiger partial charge in [0.25, 0.3) is 0 Å². The van der Waals surface area contributed by atoms with E-state index >= 15 is 0 Å². The van der Waals surface area contributed by atoms with Gasteiger partial charge in [0, 0.05) is 49.3 Å². The maximum Gasteiger partial charge on any atom is 0.160 e. The molecule has 0 atom stereocenters. The van der Waals surface area contributed by atoms with E-state index in [9.17, 15) is 5.48 Å². The van der Waals surface area contributed by atoms with E-state index in [0.717, 1.165) is 44.5 Å². The van der Waals surface area contributed by atoms with Crippen LogP contribution in [0.15, 0.2) is 198 Å². The van der Waals surface area contributed by atoms with Crippen LogP contribution in [0.4, 0.5) is 0 Å². The SMILES string of the molecule is [2H]c1cc([2H])c2c(c1)c1c([2H])c([2H])c3c4cc([2H])cc([2H])c4n(-c4cccc5oc6ccc(-c7cc(-c8ccccc8)nc(-c8ccccc8)n7)cc6c45)c3c1n2-c1ccccc1. The second kappa shape index (κ2) is 12.4. The van der Waals surface area contributed by atoms with E-state index in [4.69, 9.17) is 17.1 Å². The standard InChI is InChI=1S/C52H32N4O/c1-4-15-33(16-5-1)42-32-43(54-52(53-42)34-17-6-2-7-18-34)35-27-30-47-41(31-35)49-46(25-14-26-48(49)57-47)56-45-24-13-11-22-38(45)40-29-28-39-37-21-10-12-23-44(37)55(50(39)51(40)56)36-19-8-3-9-20-36/h1-32H/i10D,11D,23D,24D,28D,29D. The predicted octanol–water partition coefficient (Wildman–Crippen LogP) is 13.6. The zero-order valence-electron chi connectivity index (χ0n) is 36.2. The fraction of sp³-hybridized carbons (Fsp3) is 0. The molecule has 4 heterocycles. The molecule has 266 valence electrons. The third-order valence-electron chi connectivity index (χ3n) is 10.8.